The number of nitrogens with zero attached hydrogens (tertiary/aromatic N) is 1. The van der Waals surface area contributed by atoms with E-state index in [1.165, 1.54) is 76.3 Å². The van der Waals surface area contributed by atoms with Gasteiger partial charge >= 0.3 is 0 Å². The van der Waals surface area contributed by atoms with E-state index in [9.17, 15) is 15.3 Å². The summed E-state index contributed by atoms with van der Waals surface area (Å²) in [5.74, 6) is 0.273. The first-order valence-electron chi connectivity index (χ1n) is 11.6. The second-order valence-electron chi connectivity index (χ2n) is 8.09. The molecule has 0 saturated heterocycles. The maximum atomic E-state index is 10.0. The summed E-state index contributed by atoms with van der Waals surface area (Å²) in [6, 6.07) is 3.04. The molecule has 0 spiro atoms. The molecule has 1 atom stereocenters. The van der Waals surface area contributed by atoms with E-state index in [0.29, 0.717) is 6.54 Å². The molecule has 0 amide bonds. The van der Waals surface area contributed by atoms with Crippen molar-refractivity contribution in [2.45, 2.75) is 109 Å². The Balaban J connectivity index is 1.81. The Kier molecular flexibility index (Phi) is 14.8. The summed E-state index contributed by atoms with van der Waals surface area (Å²) >= 11 is 0. The first kappa shape index (κ1) is 24.8. The van der Waals surface area contributed by atoms with Crippen LogP contribution in [0.4, 0.5) is 0 Å². The molecule has 0 fully saturated rings. The average molecular weight is 397 g/mol. The summed E-state index contributed by atoms with van der Waals surface area (Å²) in [4.78, 5) is 0. The van der Waals surface area contributed by atoms with E-state index in [-0.39, 0.29) is 17.9 Å². The van der Waals surface area contributed by atoms with E-state index in [1.807, 2.05) is 0 Å². The average Bonchev–Trinajstić information content (AvgIpc) is 3.00. The largest absolute Gasteiger partial charge is 0.494 e. The zero-order valence-electron chi connectivity index (χ0n) is 18.0. The molecule has 1 rings (SSSR count). The van der Waals surface area contributed by atoms with Crippen molar-refractivity contribution in [1.82, 2.24) is 9.88 Å². The highest BCUT2D eigenvalue weighted by molar-refractivity contribution is 5.23. The van der Waals surface area contributed by atoms with Crippen molar-refractivity contribution in [1.29, 1.82) is 0 Å². The van der Waals surface area contributed by atoms with Crippen LogP contribution in [0.3, 0.4) is 0 Å². The third-order valence-corrected chi connectivity index (χ3v) is 5.44. The van der Waals surface area contributed by atoms with Crippen LogP contribution in [0.1, 0.15) is 96.8 Å². The molecule has 0 radical (unpaired) electrons. The number of aliphatic hydroxyl groups is 1. The van der Waals surface area contributed by atoms with Crippen molar-refractivity contribution in [2.75, 3.05) is 13.1 Å². The maximum absolute atomic E-state index is 10.0. The fraction of sp³-hybridized carbons (Fsp3) is 0.826. The van der Waals surface area contributed by atoms with E-state index in [4.69, 9.17) is 0 Å². The Morgan fingerprint density at radius 1 is 0.786 bits per heavy atom. The van der Waals surface area contributed by atoms with Gasteiger partial charge in [0.05, 0.1) is 6.10 Å². The smallest absolute Gasteiger partial charge is 0.193 e. The van der Waals surface area contributed by atoms with Gasteiger partial charge in [-0.3, -0.25) is 4.57 Å². The summed E-state index contributed by atoms with van der Waals surface area (Å²) in [7, 11) is 0. The minimum atomic E-state index is -0.206. The molecule has 28 heavy (non-hydrogen) atoms. The minimum absolute atomic E-state index is 0.137. The number of rotatable bonds is 19. The zero-order chi connectivity index (χ0) is 20.5. The highest BCUT2D eigenvalue weighted by atomic mass is 16.3. The van der Waals surface area contributed by atoms with Crippen LogP contribution in [0.25, 0.3) is 0 Å². The van der Waals surface area contributed by atoms with Crippen LogP contribution in [-0.2, 0) is 6.54 Å². The van der Waals surface area contributed by atoms with Gasteiger partial charge in [-0.2, -0.15) is 0 Å². The molecule has 0 aliphatic rings. The summed E-state index contributed by atoms with van der Waals surface area (Å²) in [5.41, 5.74) is 0. The Morgan fingerprint density at radius 3 is 1.96 bits per heavy atom. The highest BCUT2D eigenvalue weighted by Crippen LogP contribution is 2.22. The lowest BCUT2D eigenvalue weighted by molar-refractivity contribution is 0.158. The second-order valence-corrected chi connectivity index (χ2v) is 8.09. The topological polar surface area (TPSA) is 77.7 Å². The van der Waals surface area contributed by atoms with Gasteiger partial charge in [-0.1, -0.05) is 77.6 Å². The minimum Gasteiger partial charge on any atom is -0.494 e. The number of aromatic hydroxyl groups is 2. The SMILES string of the molecule is CCCCCCCCNCC(O)CCCCCCCCCn1c(O)ccc1O. The second kappa shape index (κ2) is 16.7. The Morgan fingerprint density at radius 2 is 1.32 bits per heavy atom. The number of aromatic nitrogens is 1. The van der Waals surface area contributed by atoms with Gasteiger partial charge in [-0.15, -0.1) is 0 Å². The molecule has 1 aromatic heterocycles. The number of hydrogen-bond donors (Lipinski definition) is 4. The Hall–Kier alpha value is -1.20. The lowest BCUT2D eigenvalue weighted by Gasteiger charge is -2.11. The summed E-state index contributed by atoms with van der Waals surface area (Å²) in [6.45, 7) is 4.67. The van der Waals surface area contributed by atoms with Crippen LogP contribution in [-0.4, -0.2) is 39.1 Å². The van der Waals surface area contributed by atoms with Crippen molar-refractivity contribution in [3.8, 4) is 11.8 Å². The normalized spacial score (nSPS) is 12.5. The summed E-state index contributed by atoms with van der Waals surface area (Å²) in [6.07, 6.45) is 16.6. The van der Waals surface area contributed by atoms with Crippen LogP contribution < -0.4 is 5.32 Å². The van der Waals surface area contributed by atoms with E-state index >= 15 is 0 Å². The monoisotopic (exact) mass is 396 g/mol. The lowest BCUT2D eigenvalue weighted by atomic mass is 10.1. The number of hydrogen-bond acceptors (Lipinski definition) is 4. The predicted octanol–water partition coefficient (Wildman–Crippen LogP) is 5.33. The summed E-state index contributed by atoms with van der Waals surface area (Å²) < 4.78 is 1.54. The standard InChI is InChI=1S/C23H44N2O3/c1-2-3-4-5-10-13-18-24-20-21(26)15-12-9-7-6-8-11-14-19-25-22(27)16-17-23(25)28/h16-17,21,24,26-28H,2-15,18-20H2,1H3. The predicted molar refractivity (Wildman–Crippen MR) is 117 cm³/mol. The molecule has 0 aromatic carbocycles. The van der Waals surface area contributed by atoms with Crippen LogP contribution in [0.2, 0.25) is 0 Å². The highest BCUT2D eigenvalue weighted by Gasteiger charge is 2.05. The Bertz CT molecular complexity index is 457. The van der Waals surface area contributed by atoms with Crippen LogP contribution in [0.15, 0.2) is 12.1 Å². The molecule has 5 nitrogen and oxygen atoms in total. The van der Waals surface area contributed by atoms with Crippen molar-refractivity contribution < 1.29 is 15.3 Å². The third kappa shape index (κ3) is 12.3. The van der Waals surface area contributed by atoms with E-state index in [1.54, 1.807) is 4.57 Å². The molecule has 1 heterocycles. The van der Waals surface area contributed by atoms with Crippen LogP contribution in [0, 0.1) is 0 Å². The van der Waals surface area contributed by atoms with E-state index < -0.39 is 0 Å². The molecule has 0 bridgehead atoms. The molecule has 164 valence electrons. The quantitative estimate of drug-likeness (QED) is 0.238. The molecule has 0 aliphatic carbocycles. The molecule has 5 heteroatoms. The molecule has 1 unspecified atom stereocenters. The lowest BCUT2D eigenvalue weighted by Crippen LogP contribution is -2.27. The molecule has 1 aromatic rings. The zero-order valence-corrected chi connectivity index (χ0v) is 18.0. The van der Waals surface area contributed by atoms with Gasteiger partial charge in [-0.05, 0) is 25.8 Å². The van der Waals surface area contributed by atoms with Gasteiger partial charge < -0.3 is 20.6 Å². The van der Waals surface area contributed by atoms with Gasteiger partial charge in [0.2, 0.25) is 0 Å². The van der Waals surface area contributed by atoms with E-state index in [2.05, 4.69) is 12.2 Å². The number of unbranched alkanes of at least 4 members (excludes halogenated alkanes) is 11. The first-order valence-corrected chi connectivity index (χ1v) is 11.6. The summed E-state index contributed by atoms with van der Waals surface area (Å²) in [5, 5.41) is 32.6. The van der Waals surface area contributed by atoms with Gasteiger partial charge in [0, 0.05) is 25.2 Å². The Labute approximate surface area is 172 Å². The van der Waals surface area contributed by atoms with E-state index in [0.717, 1.165) is 38.8 Å². The molecule has 0 saturated carbocycles. The van der Waals surface area contributed by atoms with Gasteiger partial charge in [0.15, 0.2) is 11.8 Å². The number of aliphatic hydroxyl groups excluding tert-OH is 1. The molecular weight excluding hydrogens is 352 g/mol. The van der Waals surface area contributed by atoms with Gasteiger partial charge in [0.1, 0.15) is 0 Å². The van der Waals surface area contributed by atoms with Crippen LogP contribution >= 0.6 is 0 Å². The molecular formula is C23H44N2O3. The number of nitrogens with one attached hydrogen (secondary N) is 1. The van der Waals surface area contributed by atoms with Gasteiger partial charge in [-0.25, -0.2) is 0 Å². The van der Waals surface area contributed by atoms with Crippen LogP contribution in [0.5, 0.6) is 11.8 Å². The first-order chi connectivity index (χ1) is 13.6. The van der Waals surface area contributed by atoms with Crippen molar-refractivity contribution in [3.63, 3.8) is 0 Å². The van der Waals surface area contributed by atoms with Gasteiger partial charge in [0.25, 0.3) is 0 Å². The van der Waals surface area contributed by atoms with Crippen molar-refractivity contribution in [3.05, 3.63) is 12.1 Å². The fourth-order valence-corrected chi connectivity index (χ4v) is 3.61. The van der Waals surface area contributed by atoms with Crippen molar-refractivity contribution >= 4 is 0 Å². The molecule has 4 N–H and O–H groups in total. The van der Waals surface area contributed by atoms with Crippen molar-refractivity contribution in [2.24, 2.45) is 0 Å². The fourth-order valence-electron chi connectivity index (χ4n) is 3.61. The maximum Gasteiger partial charge on any atom is 0.193 e. The third-order valence-electron chi connectivity index (χ3n) is 5.44. The molecule has 0 aliphatic heterocycles.